The van der Waals surface area contributed by atoms with E-state index in [9.17, 15) is 22.8 Å². The van der Waals surface area contributed by atoms with Gasteiger partial charge >= 0.3 is 5.97 Å². The van der Waals surface area contributed by atoms with Gasteiger partial charge in [-0.15, -0.1) is 0 Å². The quantitative estimate of drug-likeness (QED) is 0.714. The molecule has 0 radical (unpaired) electrons. The molecule has 1 aromatic heterocycles. The van der Waals surface area contributed by atoms with E-state index in [1.807, 2.05) is 0 Å². The van der Waals surface area contributed by atoms with Crippen molar-refractivity contribution in [1.29, 1.82) is 0 Å². The number of H-pyrrole nitrogens is 1. The molecule has 0 saturated carbocycles. The molecule has 1 aromatic rings. The lowest BCUT2D eigenvalue weighted by molar-refractivity contribution is 0.0690. The first kappa shape index (κ1) is 10.3. The van der Waals surface area contributed by atoms with E-state index < -0.39 is 35.0 Å². The summed E-state index contributed by atoms with van der Waals surface area (Å²) in [7, 11) is 0. The van der Waals surface area contributed by atoms with Gasteiger partial charge in [-0.3, -0.25) is 9.78 Å². The molecule has 7 heteroatoms. The molecule has 0 aliphatic carbocycles. The number of hydrogen-bond acceptors (Lipinski definition) is 2. The van der Waals surface area contributed by atoms with Crippen LogP contribution in [0.5, 0.6) is 0 Å². The number of aromatic carboxylic acids is 1. The van der Waals surface area contributed by atoms with Crippen LogP contribution < -0.4 is 5.56 Å². The molecule has 0 bridgehead atoms. The van der Waals surface area contributed by atoms with Gasteiger partial charge < -0.3 is 5.11 Å². The van der Waals surface area contributed by atoms with E-state index in [-0.39, 0.29) is 0 Å². The molecule has 2 N–H and O–H groups in total. The number of pyridine rings is 1. The summed E-state index contributed by atoms with van der Waals surface area (Å²) in [6.45, 7) is 0. The van der Waals surface area contributed by atoms with Crippen LogP contribution in [0.15, 0.2) is 10.9 Å². The van der Waals surface area contributed by atoms with Crippen molar-refractivity contribution in [1.82, 2.24) is 4.98 Å². The van der Waals surface area contributed by atoms with Gasteiger partial charge in [0.25, 0.3) is 12.0 Å². The van der Waals surface area contributed by atoms with Gasteiger partial charge in [-0.1, -0.05) is 0 Å². The Morgan fingerprint density at radius 1 is 1.50 bits per heavy atom. The lowest BCUT2D eigenvalue weighted by atomic mass is 10.2. The molecule has 0 aliphatic rings. The molecule has 0 atom stereocenters. The molecule has 76 valence electrons. The monoisotopic (exact) mass is 207 g/mol. The number of alkyl halides is 2. The average molecular weight is 207 g/mol. The first-order valence-electron chi connectivity index (χ1n) is 3.37. The smallest absolute Gasteiger partial charge is 0.340 e. The van der Waals surface area contributed by atoms with Crippen LogP contribution in [0.1, 0.15) is 22.3 Å². The molecule has 0 saturated heterocycles. The third kappa shape index (κ3) is 1.76. The first-order valence-corrected chi connectivity index (χ1v) is 3.37. The Hall–Kier alpha value is -1.79. The zero-order chi connectivity index (χ0) is 10.9. The number of halogens is 3. The minimum absolute atomic E-state index is 0.321. The summed E-state index contributed by atoms with van der Waals surface area (Å²) >= 11 is 0. The van der Waals surface area contributed by atoms with Crippen molar-refractivity contribution in [2.24, 2.45) is 0 Å². The van der Waals surface area contributed by atoms with Gasteiger partial charge in [-0.05, 0) is 6.07 Å². The second-order valence-corrected chi connectivity index (χ2v) is 2.39. The van der Waals surface area contributed by atoms with Crippen LogP contribution in [-0.4, -0.2) is 16.1 Å². The van der Waals surface area contributed by atoms with Crippen LogP contribution in [-0.2, 0) is 0 Å². The Morgan fingerprint density at radius 3 is 2.50 bits per heavy atom. The number of hydrogen-bond donors (Lipinski definition) is 2. The predicted octanol–water partition coefficient (Wildman–Crippen LogP) is 1.15. The molecule has 1 rings (SSSR count). The number of aromatic nitrogens is 1. The molecule has 14 heavy (non-hydrogen) atoms. The van der Waals surface area contributed by atoms with Crippen LogP contribution in [0, 0.1) is 5.95 Å². The Bertz CT molecular complexity index is 427. The minimum atomic E-state index is -3.14. The highest BCUT2D eigenvalue weighted by Gasteiger charge is 2.19. The van der Waals surface area contributed by atoms with E-state index in [0.29, 0.717) is 6.07 Å². The standard InChI is InChI=1S/C7H4F3NO3/c8-4(9)2-1-3(7(13)14)5(10)11-6(2)12/h1,4H,(H,11,12)(H,13,14). The lowest BCUT2D eigenvalue weighted by Gasteiger charge is -2.01. The zero-order valence-corrected chi connectivity index (χ0v) is 6.55. The molecule has 1 heterocycles. The maximum Gasteiger partial charge on any atom is 0.340 e. The summed E-state index contributed by atoms with van der Waals surface area (Å²) in [6, 6.07) is 0.321. The fraction of sp³-hybridized carbons (Fsp3) is 0.143. The number of carbonyl (C=O) groups is 1. The number of carboxylic acids is 1. The van der Waals surface area contributed by atoms with E-state index in [1.54, 1.807) is 0 Å². The Morgan fingerprint density at radius 2 is 2.07 bits per heavy atom. The summed E-state index contributed by atoms with van der Waals surface area (Å²) in [5.74, 6) is -3.16. The number of aromatic amines is 1. The highest BCUT2D eigenvalue weighted by atomic mass is 19.3. The van der Waals surface area contributed by atoms with E-state index >= 15 is 0 Å². The third-order valence-corrected chi connectivity index (χ3v) is 1.49. The van der Waals surface area contributed by atoms with Crippen molar-refractivity contribution in [3.8, 4) is 0 Å². The SMILES string of the molecule is O=C(O)c1cc(C(F)F)c(=O)[nH]c1F. The highest BCUT2D eigenvalue weighted by molar-refractivity contribution is 5.87. The summed E-state index contributed by atoms with van der Waals surface area (Å²) in [4.78, 5) is 22.4. The van der Waals surface area contributed by atoms with E-state index in [4.69, 9.17) is 5.11 Å². The fourth-order valence-corrected chi connectivity index (χ4v) is 0.841. The topological polar surface area (TPSA) is 70.2 Å². The summed E-state index contributed by atoms with van der Waals surface area (Å²) < 4.78 is 36.8. The zero-order valence-electron chi connectivity index (χ0n) is 6.55. The molecular formula is C7H4F3NO3. The molecule has 0 spiro atoms. The molecule has 4 nitrogen and oxygen atoms in total. The molecule has 0 amide bonds. The van der Waals surface area contributed by atoms with Crippen LogP contribution in [0.2, 0.25) is 0 Å². The van der Waals surface area contributed by atoms with Gasteiger partial charge in [-0.25, -0.2) is 13.6 Å². The van der Waals surface area contributed by atoms with Crippen molar-refractivity contribution in [2.75, 3.05) is 0 Å². The van der Waals surface area contributed by atoms with Crippen molar-refractivity contribution in [2.45, 2.75) is 6.43 Å². The largest absolute Gasteiger partial charge is 0.478 e. The van der Waals surface area contributed by atoms with Gasteiger partial charge in [0.15, 0.2) is 0 Å². The van der Waals surface area contributed by atoms with Crippen molar-refractivity contribution in [3.63, 3.8) is 0 Å². The van der Waals surface area contributed by atoms with Gasteiger partial charge in [-0.2, -0.15) is 4.39 Å². The summed E-state index contributed by atoms with van der Waals surface area (Å²) in [5, 5.41) is 8.36. The molecular weight excluding hydrogens is 203 g/mol. The average Bonchev–Trinajstić information content (AvgIpc) is 2.02. The Balaban J connectivity index is 3.42. The normalized spacial score (nSPS) is 10.6. The number of carboxylic acid groups (broad SMARTS) is 1. The molecule has 0 aromatic carbocycles. The maximum absolute atomic E-state index is 12.7. The maximum atomic E-state index is 12.7. The van der Waals surface area contributed by atoms with Gasteiger partial charge in [0.1, 0.15) is 5.56 Å². The van der Waals surface area contributed by atoms with E-state index in [2.05, 4.69) is 0 Å². The van der Waals surface area contributed by atoms with Gasteiger partial charge in [0.05, 0.1) is 5.56 Å². The summed E-state index contributed by atoms with van der Waals surface area (Å²) in [6.07, 6.45) is -3.14. The summed E-state index contributed by atoms with van der Waals surface area (Å²) in [5.41, 5.74) is -3.38. The minimum Gasteiger partial charge on any atom is -0.478 e. The number of nitrogens with one attached hydrogen (secondary N) is 1. The lowest BCUT2D eigenvalue weighted by Crippen LogP contribution is -2.18. The van der Waals surface area contributed by atoms with Crippen LogP contribution in [0.4, 0.5) is 13.2 Å². The van der Waals surface area contributed by atoms with Crippen molar-refractivity contribution < 1.29 is 23.1 Å². The van der Waals surface area contributed by atoms with Crippen molar-refractivity contribution >= 4 is 5.97 Å². The van der Waals surface area contributed by atoms with Crippen molar-refractivity contribution in [3.05, 3.63) is 33.5 Å². The van der Waals surface area contributed by atoms with E-state index in [1.165, 1.54) is 4.98 Å². The Labute approximate surface area is 75.0 Å². The molecule has 0 fully saturated rings. The number of rotatable bonds is 2. The second kappa shape index (κ2) is 3.52. The second-order valence-electron chi connectivity index (χ2n) is 2.39. The van der Waals surface area contributed by atoms with E-state index in [0.717, 1.165) is 0 Å². The van der Waals surface area contributed by atoms with Crippen LogP contribution in [0.25, 0.3) is 0 Å². The van der Waals surface area contributed by atoms with Crippen LogP contribution >= 0.6 is 0 Å². The van der Waals surface area contributed by atoms with Gasteiger partial charge in [0, 0.05) is 0 Å². The highest BCUT2D eigenvalue weighted by Crippen LogP contribution is 2.16. The molecule has 0 aliphatic heterocycles. The molecule has 0 unspecified atom stereocenters. The Kier molecular flexibility index (Phi) is 2.59. The first-order chi connectivity index (χ1) is 6.43. The van der Waals surface area contributed by atoms with Crippen LogP contribution in [0.3, 0.4) is 0 Å². The third-order valence-electron chi connectivity index (χ3n) is 1.49. The predicted molar refractivity (Wildman–Crippen MR) is 38.9 cm³/mol. The van der Waals surface area contributed by atoms with Gasteiger partial charge in [0.2, 0.25) is 5.95 Å². The fourth-order valence-electron chi connectivity index (χ4n) is 0.841.